The molecule has 0 aliphatic heterocycles. The van der Waals surface area contributed by atoms with Crippen molar-refractivity contribution in [2.45, 2.75) is 124 Å². The monoisotopic (exact) mass is 434 g/mol. The van der Waals surface area contributed by atoms with Crippen LogP contribution in [0.25, 0.3) is 0 Å². The van der Waals surface area contributed by atoms with E-state index in [-0.39, 0.29) is 0 Å². The fourth-order valence-electron chi connectivity index (χ4n) is 3.46. The molecule has 23 heavy (non-hydrogen) atoms. The van der Waals surface area contributed by atoms with Crippen molar-refractivity contribution in [1.82, 2.24) is 0 Å². The van der Waals surface area contributed by atoms with Crippen molar-refractivity contribution in [3.8, 4) is 0 Å². The van der Waals surface area contributed by atoms with Gasteiger partial charge in [0.25, 0.3) is 0 Å². The average Bonchev–Trinajstić information content (AvgIpc) is 2.57. The summed E-state index contributed by atoms with van der Waals surface area (Å²) >= 11 is -2.30. The van der Waals surface area contributed by atoms with E-state index in [2.05, 4.69) is 27.7 Å². The summed E-state index contributed by atoms with van der Waals surface area (Å²) in [6.45, 7) is 10.4. The standard InChI is InChI=1S/C8H17.C5H11O.2C4H9.Sn/c1-3-5-7-8-6-4-2;1-2-3-4-5-6;2*1-3-4-2;/h1,3-8H2,2H3;2-5H2,1H3;2*1,3-4H2,2H3;/q;-1;;;+1. The maximum absolute atomic E-state index is 6.77. The Morgan fingerprint density at radius 3 is 1.48 bits per heavy atom. The number of rotatable bonds is 18. The van der Waals surface area contributed by atoms with Gasteiger partial charge in [0.1, 0.15) is 0 Å². The van der Waals surface area contributed by atoms with Crippen LogP contribution in [-0.2, 0) is 3.07 Å². The Hall–Kier alpha value is 0.759. The third-order valence-corrected chi connectivity index (χ3v) is 18.3. The van der Waals surface area contributed by atoms with Gasteiger partial charge in [0, 0.05) is 0 Å². The van der Waals surface area contributed by atoms with Gasteiger partial charge in [0.05, 0.1) is 0 Å². The van der Waals surface area contributed by atoms with E-state index in [1.807, 2.05) is 0 Å². The summed E-state index contributed by atoms with van der Waals surface area (Å²) < 4.78 is 11.3. The molecule has 0 saturated carbocycles. The molecule has 0 atom stereocenters. The summed E-state index contributed by atoms with van der Waals surface area (Å²) in [5.74, 6) is 0. The molecule has 0 unspecified atom stereocenters. The number of hydrogen-bond acceptors (Lipinski definition) is 1. The first-order valence-electron chi connectivity index (χ1n) is 10.9. The van der Waals surface area contributed by atoms with Crippen LogP contribution in [0.15, 0.2) is 0 Å². The molecule has 0 aromatic heterocycles. The Labute approximate surface area is 152 Å². The molecule has 0 bridgehead atoms. The summed E-state index contributed by atoms with van der Waals surface area (Å²) in [7, 11) is 0. The molecule has 0 heterocycles. The third kappa shape index (κ3) is 13.7. The van der Waals surface area contributed by atoms with Gasteiger partial charge in [0.15, 0.2) is 0 Å². The zero-order valence-electron chi connectivity index (χ0n) is 16.9. The summed E-state index contributed by atoms with van der Waals surface area (Å²) in [6, 6.07) is 0. The van der Waals surface area contributed by atoms with E-state index < -0.39 is 18.8 Å². The van der Waals surface area contributed by atoms with Crippen LogP contribution in [0.5, 0.6) is 0 Å². The average molecular weight is 433 g/mol. The maximum atomic E-state index is 6.77. The van der Waals surface area contributed by atoms with Crippen molar-refractivity contribution in [1.29, 1.82) is 0 Å². The van der Waals surface area contributed by atoms with E-state index in [0.29, 0.717) is 0 Å². The van der Waals surface area contributed by atoms with Crippen LogP contribution < -0.4 is 0 Å². The van der Waals surface area contributed by atoms with Gasteiger partial charge in [-0.3, -0.25) is 0 Å². The molecule has 2 heteroatoms. The van der Waals surface area contributed by atoms with E-state index in [4.69, 9.17) is 3.07 Å². The van der Waals surface area contributed by atoms with Crippen molar-refractivity contribution in [3.05, 3.63) is 0 Å². The van der Waals surface area contributed by atoms with E-state index in [9.17, 15) is 0 Å². The molecule has 0 radical (unpaired) electrons. The van der Waals surface area contributed by atoms with Crippen molar-refractivity contribution in [3.63, 3.8) is 0 Å². The Kier molecular flexibility index (Phi) is 18.2. The van der Waals surface area contributed by atoms with Gasteiger partial charge in [-0.1, -0.05) is 0 Å². The van der Waals surface area contributed by atoms with Crippen LogP contribution >= 0.6 is 0 Å². The van der Waals surface area contributed by atoms with E-state index in [1.165, 1.54) is 96.8 Å². The van der Waals surface area contributed by atoms with Crippen LogP contribution in [0.2, 0.25) is 13.3 Å². The molecule has 0 rings (SSSR count). The molecule has 0 aromatic rings. The van der Waals surface area contributed by atoms with Crippen molar-refractivity contribution < 1.29 is 3.07 Å². The molecule has 0 fully saturated rings. The second-order valence-electron chi connectivity index (χ2n) is 7.46. The summed E-state index contributed by atoms with van der Waals surface area (Å²) in [6.07, 6.45) is 18.1. The molecule has 0 aliphatic carbocycles. The van der Waals surface area contributed by atoms with Crippen LogP contribution in [0.3, 0.4) is 0 Å². The summed E-state index contributed by atoms with van der Waals surface area (Å²) in [4.78, 5) is 0. The summed E-state index contributed by atoms with van der Waals surface area (Å²) in [5.41, 5.74) is 0. The first kappa shape index (κ1) is 23.8. The van der Waals surface area contributed by atoms with Gasteiger partial charge in [-0.05, 0) is 0 Å². The van der Waals surface area contributed by atoms with Gasteiger partial charge < -0.3 is 0 Å². The van der Waals surface area contributed by atoms with Crippen molar-refractivity contribution in [2.75, 3.05) is 6.61 Å². The van der Waals surface area contributed by atoms with Crippen LogP contribution in [0, 0.1) is 0 Å². The zero-order chi connectivity index (χ0) is 17.2. The second kappa shape index (κ2) is 17.6. The summed E-state index contributed by atoms with van der Waals surface area (Å²) in [5, 5.41) is 0. The number of hydrogen-bond donors (Lipinski definition) is 0. The van der Waals surface area contributed by atoms with Gasteiger partial charge in [-0.25, -0.2) is 0 Å². The van der Waals surface area contributed by atoms with Crippen molar-refractivity contribution >= 4 is 18.8 Å². The zero-order valence-corrected chi connectivity index (χ0v) is 19.8. The molecule has 0 aromatic carbocycles. The number of unbranched alkanes of at least 4 members (excludes halogenated alkanes) is 9. The van der Waals surface area contributed by atoms with E-state index >= 15 is 0 Å². The Morgan fingerprint density at radius 1 is 0.478 bits per heavy atom. The van der Waals surface area contributed by atoms with Gasteiger partial charge >= 0.3 is 153 Å². The quantitative estimate of drug-likeness (QED) is 0.157. The minimum atomic E-state index is -2.30. The first-order valence-corrected chi connectivity index (χ1v) is 18.1. The van der Waals surface area contributed by atoms with Gasteiger partial charge in [0.2, 0.25) is 0 Å². The molecule has 0 N–H and O–H groups in total. The molecule has 0 spiro atoms. The predicted molar refractivity (Wildman–Crippen MR) is 109 cm³/mol. The first-order chi connectivity index (χ1) is 11.2. The van der Waals surface area contributed by atoms with Crippen LogP contribution in [0.1, 0.15) is 111 Å². The van der Waals surface area contributed by atoms with E-state index in [1.54, 1.807) is 0 Å². The molecule has 0 amide bonds. The molecular formula is C21H46OSn. The molecular weight excluding hydrogens is 387 g/mol. The second-order valence-corrected chi connectivity index (χ2v) is 19.3. The van der Waals surface area contributed by atoms with Gasteiger partial charge in [-0.15, -0.1) is 0 Å². The Morgan fingerprint density at radius 2 is 0.913 bits per heavy atom. The topological polar surface area (TPSA) is 9.23 Å². The Bertz CT molecular complexity index is 222. The predicted octanol–water partition coefficient (Wildman–Crippen LogP) is 8.10. The minimum absolute atomic E-state index is 1.08. The Balaban J connectivity index is 4.37. The molecule has 1 nitrogen and oxygen atoms in total. The molecule has 140 valence electrons. The van der Waals surface area contributed by atoms with Crippen LogP contribution in [0.4, 0.5) is 0 Å². The normalized spacial score (nSPS) is 12.0. The fourth-order valence-corrected chi connectivity index (χ4v) is 16.7. The molecule has 0 saturated heterocycles. The van der Waals surface area contributed by atoms with Crippen LogP contribution in [-0.4, -0.2) is 25.4 Å². The van der Waals surface area contributed by atoms with E-state index in [0.717, 1.165) is 6.61 Å². The SMILES string of the molecule is CCCCCCC[CH2][Sn]([CH2]CCC)([CH2]CCC)[O]CCCCC. The van der Waals surface area contributed by atoms with Gasteiger partial charge in [-0.2, -0.15) is 0 Å². The third-order valence-electron chi connectivity index (χ3n) is 5.11. The van der Waals surface area contributed by atoms with Crippen molar-refractivity contribution in [2.24, 2.45) is 0 Å². The molecule has 0 aliphatic rings. The fraction of sp³-hybridized carbons (Fsp3) is 1.00.